The quantitative estimate of drug-likeness (QED) is 0.434. The molecule has 1 unspecified atom stereocenters. The van der Waals surface area contributed by atoms with Crippen LogP contribution in [-0.2, 0) is 16.0 Å². The molecule has 0 heterocycles. The Kier molecular flexibility index (Phi) is 3.24. The summed E-state index contributed by atoms with van der Waals surface area (Å²) in [4.78, 5) is 24.5. The lowest BCUT2D eigenvalue weighted by molar-refractivity contribution is -0.147. The maximum atomic E-state index is 12.6. The number of fused-ring (bicyclic) bond motifs is 1. The van der Waals surface area contributed by atoms with E-state index in [1.54, 1.807) is 6.07 Å². The van der Waals surface area contributed by atoms with E-state index in [-0.39, 0.29) is 11.2 Å². The minimum Gasteiger partial charge on any atom is -0.468 e. The molecule has 0 amide bonds. The highest BCUT2D eigenvalue weighted by molar-refractivity contribution is 6.10. The Labute approximate surface area is 107 Å². The Hall–Kier alpha value is -1.64. The summed E-state index contributed by atoms with van der Waals surface area (Å²) in [6.07, 6.45) is 1.62. The zero-order valence-electron chi connectivity index (χ0n) is 11.0. The summed E-state index contributed by atoms with van der Waals surface area (Å²) < 4.78 is 4.81. The van der Waals surface area contributed by atoms with Crippen LogP contribution in [-0.4, -0.2) is 18.9 Å². The molecule has 0 aromatic heterocycles. The summed E-state index contributed by atoms with van der Waals surface area (Å²) in [6.45, 7) is 3.91. The van der Waals surface area contributed by atoms with Crippen LogP contribution in [0, 0.1) is 11.3 Å². The first-order valence-corrected chi connectivity index (χ1v) is 6.17. The van der Waals surface area contributed by atoms with Crippen molar-refractivity contribution < 1.29 is 14.3 Å². The van der Waals surface area contributed by atoms with E-state index in [2.05, 4.69) is 0 Å². The van der Waals surface area contributed by atoms with Gasteiger partial charge in [0.2, 0.25) is 0 Å². The number of aryl methyl sites for hydroxylation is 1. The SMILES string of the molecule is COC(=O)C1C(=O)c2ccccc2CCC1(C)C. The first kappa shape index (κ1) is 12.8. The van der Waals surface area contributed by atoms with Crippen molar-refractivity contribution in [3.05, 3.63) is 35.4 Å². The fourth-order valence-corrected chi connectivity index (χ4v) is 2.63. The predicted molar refractivity (Wildman–Crippen MR) is 68.4 cm³/mol. The standard InChI is InChI=1S/C15H18O3/c1-15(2)9-8-10-6-4-5-7-11(10)13(16)12(15)14(17)18-3/h4-7,12H,8-9H2,1-3H3. The minimum absolute atomic E-state index is 0.111. The molecule has 0 aliphatic heterocycles. The Balaban J connectivity index is 2.51. The largest absolute Gasteiger partial charge is 0.468 e. The van der Waals surface area contributed by atoms with Crippen LogP contribution < -0.4 is 0 Å². The first-order chi connectivity index (χ1) is 8.47. The molecule has 3 heteroatoms. The lowest BCUT2D eigenvalue weighted by Crippen LogP contribution is -2.37. The van der Waals surface area contributed by atoms with Crippen LogP contribution in [0.4, 0.5) is 0 Å². The van der Waals surface area contributed by atoms with Gasteiger partial charge in [-0.2, -0.15) is 0 Å². The van der Waals surface area contributed by atoms with Crippen LogP contribution in [0.2, 0.25) is 0 Å². The molecule has 0 saturated carbocycles. The van der Waals surface area contributed by atoms with Gasteiger partial charge in [0.15, 0.2) is 5.78 Å². The molecule has 0 bridgehead atoms. The van der Waals surface area contributed by atoms with Crippen LogP contribution in [0.3, 0.4) is 0 Å². The minimum atomic E-state index is -0.703. The lowest BCUT2D eigenvalue weighted by atomic mass is 9.74. The van der Waals surface area contributed by atoms with Crippen LogP contribution in [0.15, 0.2) is 24.3 Å². The number of hydrogen-bond donors (Lipinski definition) is 0. The third kappa shape index (κ3) is 2.05. The second kappa shape index (κ2) is 4.56. The Bertz CT molecular complexity index is 488. The second-order valence-corrected chi connectivity index (χ2v) is 5.47. The molecule has 0 saturated heterocycles. The highest BCUT2D eigenvalue weighted by Crippen LogP contribution is 2.39. The van der Waals surface area contributed by atoms with E-state index >= 15 is 0 Å². The number of Topliss-reactive ketones (excluding diaryl/α,β-unsaturated/α-hetero) is 1. The summed E-state index contributed by atoms with van der Waals surface area (Å²) in [5, 5.41) is 0. The average molecular weight is 246 g/mol. The molecule has 1 atom stereocenters. The van der Waals surface area contributed by atoms with Crippen molar-refractivity contribution in [1.82, 2.24) is 0 Å². The predicted octanol–water partition coefficient (Wildman–Crippen LogP) is 2.63. The van der Waals surface area contributed by atoms with Crippen molar-refractivity contribution in [3.63, 3.8) is 0 Å². The molecule has 0 fully saturated rings. The Morgan fingerprint density at radius 3 is 2.67 bits per heavy atom. The Morgan fingerprint density at radius 1 is 1.33 bits per heavy atom. The fourth-order valence-electron chi connectivity index (χ4n) is 2.63. The van der Waals surface area contributed by atoms with E-state index in [4.69, 9.17) is 4.74 Å². The van der Waals surface area contributed by atoms with Gasteiger partial charge in [0.05, 0.1) is 7.11 Å². The fraction of sp³-hybridized carbons (Fsp3) is 0.467. The topological polar surface area (TPSA) is 43.4 Å². The average Bonchev–Trinajstić information content (AvgIpc) is 2.45. The molecule has 18 heavy (non-hydrogen) atoms. The molecule has 3 nitrogen and oxygen atoms in total. The number of ether oxygens (including phenoxy) is 1. The third-order valence-electron chi connectivity index (χ3n) is 3.80. The summed E-state index contributed by atoms with van der Waals surface area (Å²) in [5.74, 6) is -1.24. The van der Waals surface area contributed by atoms with E-state index in [1.165, 1.54) is 7.11 Å². The molecule has 1 aliphatic carbocycles. The van der Waals surface area contributed by atoms with E-state index in [1.807, 2.05) is 32.0 Å². The number of benzene rings is 1. The first-order valence-electron chi connectivity index (χ1n) is 6.17. The summed E-state index contributed by atoms with van der Waals surface area (Å²) >= 11 is 0. The number of ketones is 1. The molecule has 2 rings (SSSR count). The molecule has 1 aromatic carbocycles. The Morgan fingerprint density at radius 2 is 2.00 bits per heavy atom. The lowest BCUT2D eigenvalue weighted by Gasteiger charge is -2.29. The van der Waals surface area contributed by atoms with Gasteiger partial charge in [-0.15, -0.1) is 0 Å². The van der Waals surface area contributed by atoms with E-state index < -0.39 is 11.9 Å². The van der Waals surface area contributed by atoms with Crippen molar-refractivity contribution in [3.8, 4) is 0 Å². The highest BCUT2D eigenvalue weighted by atomic mass is 16.5. The van der Waals surface area contributed by atoms with Gasteiger partial charge in [-0.25, -0.2) is 0 Å². The zero-order chi connectivity index (χ0) is 13.3. The number of hydrogen-bond acceptors (Lipinski definition) is 3. The van der Waals surface area contributed by atoms with E-state index in [0.717, 1.165) is 18.4 Å². The van der Waals surface area contributed by atoms with Gasteiger partial charge < -0.3 is 4.74 Å². The smallest absolute Gasteiger partial charge is 0.317 e. The van der Waals surface area contributed by atoms with Crippen molar-refractivity contribution in [1.29, 1.82) is 0 Å². The van der Waals surface area contributed by atoms with Gasteiger partial charge in [0, 0.05) is 5.56 Å². The van der Waals surface area contributed by atoms with Crippen molar-refractivity contribution in [2.45, 2.75) is 26.7 Å². The van der Waals surface area contributed by atoms with Crippen LogP contribution in [0.1, 0.15) is 36.2 Å². The van der Waals surface area contributed by atoms with E-state index in [0.29, 0.717) is 5.56 Å². The van der Waals surface area contributed by atoms with Crippen LogP contribution >= 0.6 is 0 Å². The molecular formula is C15H18O3. The number of esters is 1. The molecule has 1 aliphatic rings. The monoisotopic (exact) mass is 246 g/mol. The van der Waals surface area contributed by atoms with Gasteiger partial charge in [0.1, 0.15) is 5.92 Å². The van der Waals surface area contributed by atoms with Gasteiger partial charge in [-0.1, -0.05) is 38.1 Å². The number of carbonyl (C=O) groups excluding carboxylic acids is 2. The molecule has 0 radical (unpaired) electrons. The summed E-state index contributed by atoms with van der Waals surface area (Å²) in [6, 6.07) is 7.53. The maximum Gasteiger partial charge on any atom is 0.317 e. The summed E-state index contributed by atoms with van der Waals surface area (Å²) in [7, 11) is 1.34. The molecule has 0 N–H and O–H groups in total. The molecule has 96 valence electrons. The van der Waals surface area contributed by atoms with Crippen LogP contribution in [0.5, 0.6) is 0 Å². The molecular weight excluding hydrogens is 228 g/mol. The normalized spacial score (nSPS) is 21.9. The van der Waals surface area contributed by atoms with E-state index in [9.17, 15) is 9.59 Å². The van der Waals surface area contributed by atoms with Gasteiger partial charge in [0.25, 0.3) is 0 Å². The second-order valence-electron chi connectivity index (χ2n) is 5.47. The maximum absolute atomic E-state index is 12.6. The van der Waals surface area contributed by atoms with Gasteiger partial charge in [-0.3, -0.25) is 9.59 Å². The summed E-state index contributed by atoms with van der Waals surface area (Å²) in [5.41, 5.74) is 1.32. The van der Waals surface area contributed by atoms with Gasteiger partial charge >= 0.3 is 5.97 Å². The zero-order valence-corrected chi connectivity index (χ0v) is 11.0. The van der Waals surface area contributed by atoms with Crippen molar-refractivity contribution >= 4 is 11.8 Å². The number of carbonyl (C=O) groups is 2. The van der Waals surface area contributed by atoms with Crippen molar-refractivity contribution in [2.24, 2.45) is 11.3 Å². The third-order valence-corrected chi connectivity index (χ3v) is 3.80. The van der Waals surface area contributed by atoms with Gasteiger partial charge in [-0.05, 0) is 23.8 Å². The number of methoxy groups -OCH3 is 1. The molecule has 0 spiro atoms. The highest BCUT2D eigenvalue weighted by Gasteiger charge is 2.44. The van der Waals surface area contributed by atoms with Crippen LogP contribution in [0.25, 0.3) is 0 Å². The molecule has 1 aromatic rings. The number of rotatable bonds is 1. The van der Waals surface area contributed by atoms with Crippen molar-refractivity contribution in [2.75, 3.05) is 7.11 Å².